The summed E-state index contributed by atoms with van der Waals surface area (Å²) < 4.78 is 5.13. The molecule has 0 aliphatic carbocycles. The van der Waals surface area contributed by atoms with Crippen molar-refractivity contribution < 1.29 is 14.4 Å². The van der Waals surface area contributed by atoms with E-state index in [1.165, 1.54) is 0 Å². The summed E-state index contributed by atoms with van der Waals surface area (Å²) in [5.74, 6) is -0.209. The van der Waals surface area contributed by atoms with E-state index in [-0.39, 0.29) is 11.9 Å². The molecule has 1 amide bonds. The number of carbonyl (C=O) groups excluding carboxylic acids is 1. The van der Waals surface area contributed by atoms with Gasteiger partial charge in [0.2, 0.25) is 0 Å². The van der Waals surface area contributed by atoms with Crippen molar-refractivity contribution in [3.8, 4) is 0 Å². The van der Waals surface area contributed by atoms with Gasteiger partial charge in [-0.1, -0.05) is 0 Å². The molecule has 0 spiro atoms. The Bertz CT molecular complexity index is 198. The van der Waals surface area contributed by atoms with E-state index in [0.29, 0.717) is 19.8 Å². The predicted molar refractivity (Wildman–Crippen MR) is 46.7 cm³/mol. The lowest BCUT2D eigenvalue weighted by Crippen LogP contribution is -2.49. The molecule has 0 bridgehead atoms. The fourth-order valence-electron chi connectivity index (χ4n) is 1.18. The van der Waals surface area contributed by atoms with E-state index < -0.39 is 5.41 Å². The Balaban J connectivity index is 2.53. The minimum Gasteiger partial charge on any atom is -0.379 e. The zero-order valence-electron chi connectivity index (χ0n) is 8.00. The molecule has 2 unspecified atom stereocenters. The number of nitrogens with one attached hydrogen (secondary N) is 1. The summed E-state index contributed by atoms with van der Waals surface area (Å²) in [6, 6.07) is -0.257. The van der Waals surface area contributed by atoms with Gasteiger partial charge in [0.25, 0.3) is 5.91 Å². The van der Waals surface area contributed by atoms with E-state index in [1.807, 2.05) is 0 Å². The van der Waals surface area contributed by atoms with Crippen molar-refractivity contribution in [1.82, 2.24) is 5.48 Å². The van der Waals surface area contributed by atoms with Gasteiger partial charge < -0.3 is 10.5 Å². The standard InChI is InChI=1S/C8H16N2O3/c1-3-13-10-7(11)8(2)5-12-4-6(8)9/h6H,3-5,9H2,1-2H3,(H,10,11). The van der Waals surface area contributed by atoms with Gasteiger partial charge >= 0.3 is 0 Å². The van der Waals surface area contributed by atoms with Gasteiger partial charge in [0, 0.05) is 6.04 Å². The van der Waals surface area contributed by atoms with E-state index in [9.17, 15) is 4.79 Å². The number of nitrogens with two attached hydrogens (primary N) is 1. The maximum Gasteiger partial charge on any atom is 0.253 e. The summed E-state index contributed by atoms with van der Waals surface area (Å²) in [7, 11) is 0. The highest BCUT2D eigenvalue weighted by atomic mass is 16.6. The Hall–Kier alpha value is -0.650. The minimum absolute atomic E-state index is 0.209. The van der Waals surface area contributed by atoms with Crippen LogP contribution in [-0.2, 0) is 14.4 Å². The maximum atomic E-state index is 11.5. The number of hydrogen-bond acceptors (Lipinski definition) is 4. The fourth-order valence-corrected chi connectivity index (χ4v) is 1.18. The van der Waals surface area contributed by atoms with Crippen LogP contribution in [0.1, 0.15) is 13.8 Å². The number of hydroxylamine groups is 1. The summed E-state index contributed by atoms with van der Waals surface area (Å²) in [4.78, 5) is 16.4. The molecule has 1 aliphatic rings. The van der Waals surface area contributed by atoms with Crippen LogP contribution < -0.4 is 11.2 Å². The molecule has 1 heterocycles. The number of hydrogen-bond donors (Lipinski definition) is 2. The Morgan fingerprint density at radius 3 is 3.00 bits per heavy atom. The first-order valence-corrected chi connectivity index (χ1v) is 4.37. The highest BCUT2D eigenvalue weighted by Crippen LogP contribution is 2.26. The molecular weight excluding hydrogens is 172 g/mol. The lowest BCUT2D eigenvalue weighted by atomic mass is 9.85. The van der Waals surface area contributed by atoms with Gasteiger partial charge in [-0.25, -0.2) is 5.48 Å². The van der Waals surface area contributed by atoms with Crippen LogP contribution in [0, 0.1) is 5.41 Å². The van der Waals surface area contributed by atoms with Gasteiger partial charge in [0.05, 0.1) is 25.2 Å². The van der Waals surface area contributed by atoms with Crippen LogP contribution in [0.3, 0.4) is 0 Å². The van der Waals surface area contributed by atoms with E-state index in [2.05, 4.69) is 5.48 Å². The first-order valence-electron chi connectivity index (χ1n) is 4.37. The van der Waals surface area contributed by atoms with Crippen LogP contribution in [0.25, 0.3) is 0 Å². The zero-order valence-corrected chi connectivity index (χ0v) is 8.00. The molecule has 3 N–H and O–H groups in total. The van der Waals surface area contributed by atoms with Crippen molar-refractivity contribution in [1.29, 1.82) is 0 Å². The Labute approximate surface area is 77.5 Å². The molecule has 0 aromatic heterocycles. The average Bonchev–Trinajstić information content (AvgIpc) is 2.44. The molecule has 0 radical (unpaired) electrons. The molecule has 13 heavy (non-hydrogen) atoms. The Kier molecular flexibility index (Phi) is 3.24. The molecule has 0 aromatic rings. The predicted octanol–water partition coefficient (Wildman–Crippen LogP) is -0.582. The summed E-state index contributed by atoms with van der Waals surface area (Å²) in [6.07, 6.45) is 0. The van der Waals surface area contributed by atoms with Crippen LogP contribution in [0.5, 0.6) is 0 Å². The molecule has 1 rings (SSSR count). The molecule has 0 saturated carbocycles. The third-order valence-electron chi connectivity index (χ3n) is 2.35. The van der Waals surface area contributed by atoms with Gasteiger partial charge in [-0.3, -0.25) is 9.63 Å². The minimum atomic E-state index is -0.658. The van der Waals surface area contributed by atoms with Crippen molar-refractivity contribution in [3.63, 3.8) is 0 Å². The third-order valence-corrected chi connectivity index (χ3v) is 2.35. The summed E-state index contributed by atoms with van der Waals surface area (Å²) >= 11 is 0. The van der Waals surface area contributed by atoms with E-state index in [1.54, 1.807) is 13.8 Å². The van der Waals surface area contributed by atoms with Crippen LogP contribution in [-0.4, -0.2) is 31.8 Å². The smallest absolute Gasteiger partial charge is 0.253 e. The highest BCUT2D eigenvalue weighted by Gasteiger charge is 2.44. The monoisotopic (exact) mass is 188 g/mol. The molecule has 5 heteroatoms. The molecule has 1 fully saturated rings. The van der Waals surface area contributed by atoms with Crippen LogP contribution in [0.4, 0.5) is 0 Å². The second-order valence-corrected chi connectivity index (χ2v) is 3.40. The highest BCUT2D eigenvalue weighted by molar-refractivity contribution is 5.82. The SMILES string of the molecule is CCONC(=O)C1(C)COCC1N. The van der Waals surface area contributed by atoms with Crippen molar-refractivity contribution in [2.24, 2.45) is 11.1 Å². The zero-order chi connectivity index (χ0) is 9.90. The van der Waals surface area contributed by atoms with E-state index in [4.69, 9.17) is 15.3 Å². The molecule has 76 valence electrons. The van der Waals surface area contributed by atoms with Gasteiger partial charge in [-0.2, -0.15) is 0 Å². The van der Waals surface area contributed by atoms with Crippen molar-refractivity contribution in [2.45, 2.75) is 19.9 Å². The Morgan fingerprint density at radius 1 is 1.85 bits per heavy atom. The number of ether oxygens (including phenoxy) is 1. The van der Waals surface area contributed by atoms with E-state index >= 15 is 0 Å². The summed E-state index contributed by atoms with van der Waals surface area (Å²) in [5.41, 5.74) is 7.43. The second kappa shape index (κ2) is 4.04. The molecular formula is C8H16N2O3. The molecule has 0 aromatic carbocycles. The van der Waals surface area contributed by atoms with Crippen molar-refractivity contribution >= 4 is 5.91 Å². The molecule has 1 aliphatic heterocycles. The van der Waals surface area contributed by atoms with Crippen molar-refractivity contribution in [3.05, 3.63) is 0 Å². The van der Waals surface area contributed by atoms with Crippen LogP contribution in [0.2, 0.25) is 0 Å². The number of rotatable bonds is 3. The largest absolute Gasteiger partial charge is 0.379 e. The third kappa shape index (κ3) is 1.99. The van der Waals surface area contributed by atoms with Gasteiger partial charge in [-0.05, 0) is 13.8 Å². The first kappa shape index (κ1) is 10.4. The topological polar surface area (TPSA) is 73.6 Å². The molecule has 2 atom stereocenters. The lowest BCUT2D eigenvalue weighted by molar-refractivity contribution is -0.143. The number of amides is 1. The normalized spacial score (nSPS) is 33.3. The quantitative estimate of drug-likeness (QED) is 0.581. The maximum absolute atomic E-state index is 11.5. The Morgan fingerprint density at radius 2 is 2.54 bits per heavy atom. The fraction of sp³-hybridized carbons (Fsp3) is 0.875. The summed E-state index contributed by atoms with van der Waals surface area (Å²) in [5, 5.41) is 0. The van der Waals surface area contributed by atoms with Gasteiger partial charge in [0.15, 0.2) is 0 Å². The second-order valence-electron chi connectivity index (χ2n) is 3.40. The molecule has 1 saturated heterocycles. The summed E-state index contributed by atoms with van der Waals surface area (Å²) in [6.45, 7) is 4.80. The van der Waals surface area contributed by atoms with Gasteiger partial charge in [-0.15, -0.1) is 0 Å². The van der Waals surface area contributed by atoms with Crippen molar-refractivity contribution in [2.75, 3.05) is 19.8 Å². The number of carbonyl (C=O) groups is 1. The van der Waals surface area contributed by atoms with Crippen LogP contribution >= 0.6 is 0 Å². The lowest BCUT2D eigenvalue weighted by Gasteiger charge is -2.24. The average molecular weight is 188 g/mol. The van der Waals surface area contributed by atoms with E-state index in [0.717, 1.165) is 0 Å². The van der Waals surface area contributed by atoms with Crippen LogP contribution in [0.15, 0.2) is 0 Å². The van der Waals surface area contributed by atoms with Gasteiger partial charge in [0.1, 0.15) is 0 Å². The first-order chi connectivity index (χ1) is 6.11. The molecule has 5 nitrogen and oxygen atoms in total.